The summed E-state index contributed by atoms with van der Waals surface area (Å²) in [6.07, 6.45) is 2.05. The zero-order valence-corrected chi connectivity index (χ0v) is 16.9. The summed E-state index contributed by atoms with van der Waals surface area (Å²) in [6, 6.07) is 11.8. The molecular weight excluding hydrogens is 346 g/mol. The Morgan fingerprint density at radius 3 is 2.43 bits per heavy atom. The molecule has 0 amide bonds. The van der Waals surface area contributed by atoms with Crippen molar-refractivity contribution in [3.05, 3.63) is 76.7 Å². The van der Waals surface area contributed by atoms with Crippen molar-refractivity contribution in [2.45, 2.75) is 20.8 Å². The predicted octanol–water partition coefficient (Wildman–Crippen LogP) is 3.76. The summed E-state index contributed by atoms with van der Waals surface area (Å²) in [5, 5.41) is 11.2. The largest absolute Gasteiger partial charge is 0.456 e. The number of nitrogens with two attached hydrogens (primary N) is 1. The highest BCUT2D eigenvalue weighted by Crippen LogP contribution is 2.27. The first-order chi connectivity index (χ1) is 13.3. The molecule has 0 radical (unpaired) electrons. The van der Waals surface area contributed by atoms with Crippen LogP contribution in [0.4, 0.5) is 0 Å². The minimum atomic E-state index is 0.228. The minimum absolute atomic E-state index is 0.228. The lowest BCUT2D eigenvalue weighted by Gasteiger charge is -2.20. The van der Waals surface area contributed by atoms with Crippen LogP contribution < -0.4 is 16.2 Å². The van der Waals surface area contributed by atoms with Crippen LogP contribution in [-0.4, -0.2) is 18.0 Å². The van der Waals surface area contributed by atoms with Crippen molar-refractivity contribution in [3.8, 4) is 17.4 Å². The SMILES string of the molecule is C=C(N)/C(C#N)=C(\C)c1ccc(-c2cc/c(=C/C(=C)N(CC)CC)c(=C)c2)o1. The van der Waals surface area contributed by atoms with Crippen molar-refractivity contribution < 1.29 is 4.42 Å². The zero-order valence-electron chi connectivity index (χ0n) is 16.9. The van der Waals surface area contributed by atoms with Gasteiger partial charge >= 0.3 is 0 Å². The summed E-state index contributed by atoms with van der Waals surface area (Å²) in [5.74, 6) is 1.29. The molecule has 0 saturated heterocycles. The summed E-state index contributed by atoms with van der Waals surface area (Å²) in [7, 11) is 0. The van der Waals surface area contributed by atoms with E-state index in [1.807, 2.05) is 36.4 Å². The maximum Gasteiger partial charge on any atom is 0.134 e. The maximum atomic E-state index is 9.25. The molecule has 1 aromatic heterocycles. The molecule has 0 aliphatic heterocycles. The van der Waals surface area contributed by atoms with E-state index in [0.717, 1.165) is 34.8 Å². The highest BCUT2D eigenvalue weighted by Gasteiger charge is 2.11. The van der Waals surface area contributed by atoms with Crippen molar-refractivity contribution in [1.82, 2.24) is 4.90 Å². The van der Waals surface area contributed by atoms with Gasteiger partial charge in [0, 0.05) is 35.6 Å². The molecule has 2 N–H and O–H groups in total. The molecule has 1 heterocycles. The Morgan fingerprint density at radius 1 is 1.21 bits per heavy atom. The first-order valence-electron chi connectivity index (χ1n) is 9.23. The molecule has 28 heavy (non-hydrogen) atoms. The molecule has 0 aliphatic rings. The Morgan fingerprint density at radius 2 is 1.89 bits per heavy atom. The van der Waals surface area contributed by atoms with Crippen molar-refractivity contribution in [2.24, 2.45) is 5.73 Å². The molecule has 1 aromatic carbocycles. The Hall–Kier alpha value is -3.45. The van der Waals surface area contributed by atoms with Gasteiger partial charge in [-0.3, -0.25) is 0 Å². The first kappa shape index (κ1) is 20.9. The second-order valence-corrected chi connectivity index (χ2v) is 6.52. The third-order valence-corrected chi connectivity index (χ3v) is 4.70. The van der Waals surface area contributed by atoms with E-state index in [9.17, 15) is 5.26 Å². The molecule has 4 nitrogen and oxygen atoms in total. The number of furan rings is 1. The van der Waals surface area contributed by atoms with Crippen LogP contribution in [0.25, 0.3) is 29.6 Å². The topological polar surface area (TPSA) is 66.2 Å². The van der Waals surface area contributed by atoms with Gasteiger partial charge in [0.05, 0.1) is 5.57 Å². The zero-order chi connectivity index (χ0) is 20.8. The van der Waals surface area contributed by atoms with E-state index in [-0.39, 0.29) is 5.70 Å². The fourth-order valence-corrected chi connectivity index (χ4v) is 3.01. The first-order valence-corrected chi connectivity index (χ1v) is 9.23. The molecule has 2 rings (SSSR count). The second kappa shape index (κ2) is 8.96. The van der Waals surface area contributed by atoms with E-state index in [2.05, 4.69) is 44.6 Å². The van der Waals surface area contributed by atoms with Crippen LogP contribution in [0.15, 0.2) is 64.9 Å². The van der Waals surface area contributed by atoms with Crippen LogP contribution in [0.3, 0.4) is 0 Å². The highest BCUT2D eigenvalue weighted by molar-refractivity contribution is 5.73. The van der Waals surface area contributed by atoms with Crippen LogP contribution in [0.2, 0.25) is 0 Å². The number of nitriles is 1. The predicted molar refractivity (Wildman–Crippen MR) is 117 cm³/mol. The van der Waals surface area contributed by atoms with E-state index < -0.39 is 0 Å². The molecule has 0 saturated carbocycles. The van der Waals surface area contributed by atoms with Crippen LogP contribution in [0.1, 0.15) is 26.5 Å². The third kappa shape index (κ3) is 4.44. The Balaban J connectivity index is 2.40. The smallest absolute Gasteiger partial charge is 0.134 e. The quantitative estimate of drug-likeness (QED) is 0.593. The lowest BCUT2D eigenvalue weighted by Crippen LogP contribution is -2.26. The number of hydrogen-bond acceptors (Lipinski definition) is 4. The van der Waals surface area contributed by atoms with Gasteiger partial charge < -0.3 is 15.1 Å². The fraction of sp³-hybridized carbons (Fsp3) is 0.208. The van der Waals surface area contributed by atoms with Crippen molar-refractivity contribution in [3.63, 3.8) is 0 Å². The summed E-state index contributed by atoms with van der Waals surface area (Å²) in [4.78, 5) is 2.19. The van der Waals surface area contributed by atoms with E-state index in [1.54, 1.807) is 6.92 Å². The molecule has 0 aliphatic carbocycles. The lowest BCUT2D eigenvalue weighted by atomic mass is 10.1. The van der Waals surface area contributed by atoms with Gasteiger partial charge in [-0.25, -0.2) is 0 Å². The molecule has 0 bridgehead atoms. The number of nitrogens with zero attached hydrogens (tertiary/aromatic N) is 2. The Kier molecular flexibility index (Phi) is 6.68. The van der Waals surface area contributed by atoms with Gasteiger partial charge in [0.15, 0.2) is 0 Å². The Bertz CT molecular complexity index is 1080. The number of allylic oxidation sites excluding steroid dienone is 3. The molecular formula is C24H27N3O. The third-order valence-electron chi connectivity index (χ3n) is 4.70. The number of hydrogen-bond donors (Lipinski definition) is 1. The van der Waals surface area contributed by atoms with Gasteiger partial charge in [0.25, 0.3) is 0 Å². The van der Waals surface area contributed by atoms with E-state index in [1.165, 1.54) is 0 Å². The summed E-state index contributed by atoms with van der Waals surface area (Å²) in [5.41, 5.74) is 8.79. The van der Waals surface area contributed by atoms with Gasteiger partial charge in [0.2, 0.25) is 0 Å². The standard InChI is InChI=1S/C24H27N3O/c1-7-27(8-2)17(4)14-20-9-10-21(13-16(20)3)24-12-11-23(28-24)18(5)22(15-25)19(6)26/h9-14H,3-4,6-8,26H2,1-2,5H3/b20-14-,22-18+. The fourth-order valence-electron chi connectivity index (χ4n) is 3.01. The number of benzene rings is 1. The van der Waals surface area contributed by atoms with Gasteiger partial charge in [-0.2, -0.15) is 5.26 Å². The van der Waals surface area contributed by atoms with Gasteiger partial charge in [-0.1, -0.05) is 31.9 Å². The molecule has 0 fully saturated rings. The van der Waals surface area contributed by atoms with Gasteiger partial charge in [-0.05, 0) is 55.5 Å². The van der Waals surface area contributed by atoms with Crippen LogP contribution in [0.5, 0.6) is 0 Å². The molecule has 2 aromatic rings. The molecule has 0 unspecified atom stereocenters. The summed E-state index contributed by atoms with van der Waals surface area (Å²) >= 11 is 0. The van der Waals surface area contributed by atoms with Crippen LogP contribution in [0, 0.1) is 11.3 Å². The summed E-state index contributed by atoms with van der Waals surface area (Å²) in [6.45, 7) is 19.8. The van der Waals surface area contributed by atoms with Gasteiger partial charge in [0.1, 0.15) is 17.6 Å². The average Bonchev–Trinajstić information content (AvgIpc) is 3.14. The van der Waals surface area contributed by atoms with Crippen molar-refractivity contribution >= 4 is 18.2 Å². The molecule has 4 heteroatoms. The molecule has 0 atom stereocenters. The van der Waals surface area contributed by atoms with Crippen LogP contribution in [-0.2, 0) is 0 Å². The monoisotopic (exact) mass is 373 g/mol. The van der Waals surface area contributed by atoms with Crippen LogP contribution >= 0.6 is 0 Å². The highest BCUT2D eigenvalue weighted by atomic mass is 16.3. The van der Waals surface area contributed by atoms with Crippen molar-refractivity contribution in [1.29, 1.82) is 5.26 Å². The van der Waals surface area contributed by atoms with E-state index in [4.69, 9.17) is 10.2 Å². The molecule has 0 spiro atoms. The summed E-state index contributed by atoms with van der Waals surface area (Å²) < 4.78 is 5.94. The van der Waals surface area contributed by atoms with E-state index >= 15 is 0 Å². The minimum Gasteiger partial charge on any atom is -0.456 e. The Labute approximate surface area is 166 Å². The average molecular weight is 374 g/mol. The number of rotatable bonds is 7. The van der Waals surface area contributed by atoms with Crippen molar-refractivity contribution in [2.75, 3.05) is 13.1 Å². The lowest BCUT2D eigenvalue weighted by molar-refractivity contribution is 0.401. The normalized spacial score (nSPS) is 12.3. The van der Waals surface area contributed by atoms with E-state index in [0.29, 0.717) is 22.7 Å². The maximum absolute atomic E-state index is 9.25. The molecule has 144 valence electrons. The second-order valence-electron chi connectivity index (χ2n) is 6.52. The van der Waals surface area contributed by atoms with Gasteiger partial charge in [-0.15, -0.1) is 0 Å².